The first-order chi connectivity index (χ1) is 14.4. The number of nitrogens with zero attached hydrogens (tertiary/aromatic N) is 2. The first kappa shape index (κ1) is 20.0. The third-order valence-corrected chi connectivity index (χ3v) is 5.71. The number of amides is 1. The van der Waals surface area contributed by atoms with Crippen molar-refractivity contribution in [1.82, 2.24) is 15.0 Å². The third-order valence-electron chi connectivity index (χ3n) is 5.71. The van der Waals surface area contributed by atoms with E-state index in [1.165, 1.54) is 0 Å². The van der Waals surface area contributed by atoms with Crippen molar-refractivity contribution in [2.45, 2.75) is 31.5 Å². The lowest BCUT2D eigenvalue weighted by molar-refractivity contribution is -0.410. The number of aromatic amines is 1. The zero-order valence-electron chi connectivity index (χ0n) is 16.7. The lowest BCUT2D eigenvalue weighted by Crippen LogP contribution is -2.69. The molecule has 0 radical (unpaired) electrons. The molecular weight excluding hydrogens is 387 g/mol. The van der Waals surface area contributed by atoms with Crippen molar-refractivity contribution in [3.05, 3.63) is 64.6 Å². The molecule has 156 valence electrons. The number of nitrogens with one attached hydrogen (secondary N) is 1. The molecule has 8 heteroatoms. The number of halogens is 1. The minimum absolute atomic E-state index is 0.0863. The normalized spacial score (nSPS) is 18.4. The van der Waals surface area contributed by atoms with Gasteiger partial charge in [-0.25, -0.2) is 9.18 Å². The zero-order chi connectivity index (χ0) is 21.3. The Morgan fingerprint density at radius 2 is 1.97 bits per heavy atom. The summed E-state index contributed by atoms with van der Waals surface area (Å²) in [5, 5.41) is 3.72. The smallest absolute Gasteiger partial charge is 0.347 e. The molecule has 1 fully saturated rings. The number of alkyl halides is 1. The summed E-state index contributed by atoms with van der Waals surface area (Å²) >= 11 is 0. The molecule has 2 aromatic carbocycles. The van der Waals surface area contributed by atoms with Crippen LogP contribution < -0.4 is 11.5 Å². The summed E-state index contributed by atoms with van der Waals surface area (Å²) in [5.41, 5.74) is 7.75. The van der Waals surface area contributed by atoms with Crippen molar-refractivity contribution >= 4 is 5.91 Å². The predicted octanol–water partition coefficient (Wildman–Crippen LogP) is 1.98. The predicted molar refractivity (Wildman–Crippen MR) is 109 cm³/mol. The molecule has 3 unspecified atom stereocenters. The highest BCUT2D eigenvalue weighted by Crippen LogP contribution is 2.27. The Morgan fingerprint density at radius 1 is 1.23 bits per heavy atom. The van der Waals surface area contributed by atoms with Crippen LogP contribution in [-0.4, -0.2) is 46.3 Å². The molecule has 4 N–H and O–H groups in total. The van der Waals surface area contributed by atoms with E-state index in [4.69, 9.17) is 0 Å². The van der Waals surface area contributed by atoms with Gasteiger partial charge in [0.2, 0.25) is 0 Å². The van der Waals surface area contributed by atoms with E-state index < -0.39 is 18.0 Å². The second kappa shape index (κ2) is 8.23. The first-order valence-corrected chi connectivity index (χ1v) is 9.95. The molecule has 0 saturated carbocycles. The Morgan fingerprint density at radius 3 is 2.60 bits per heavy atom. The molecule has 3 aromatic rings. The summed E-state index contributed by atoms with van der Waals surface area (Å²) in [7, 11) is 0. The number of H-pyrrole nitrogens is 1. The second-order valence-corrected chi connectivity index (χ2v) is 7.71. The standard InChI is InChI=1S/C22H23FN4O3/c1-13(19(24)21(28)27-10-9-18(23)12-27)14-5-7-15(8-6-14)16-3-2-4-17(11-16)20-25-22(29)30-26-20/h2-8,11,13,18-19H,9-10,12,24H2,1H3,(H,25,26,29)/p+1. The number of likely N-dealkylation sites (tertiary alicyclic amines) is 1. The van der Waals surface area contributed by atoms with Gasteiger partial charge in [0.25, 0.3) is 5.91 Å². The number of hydrogen-bond donors (Lipinski definition) is 2. The largest absolute Gasteiger partial charge is 0.439 e. The van der Waals surface area contributed by atoms with E-state index in [1.807, 2.05) is 55.5 Å². The van der Waals surface area contributed by atoms with Gasteiger partial charge in [0.1, 0.15) is 6.17 Å². The molecule has 30 heavy (non-hydrogen) atoms. The minimum Gasteiger partial charge on any atom is -0.347 e. The SMILES string of the molecule is CC(c1ccc(-c2cccc(-c3noc(=O)[nH]3)c2)cc1)C([NH3+])C(=O)N1CCC(F)C1. The van der Waals surface area contributed by atoms with E-state index in [0.717, 1.165) is 22.3 Å². The highest BCUT2D eigenvalue weighted by Gasteiger charge is 2.34. The lowest BCUT2D eigenvalue weighted by Gasteiger charge is -2.22. The number of quaternary nitrogens is 1. The summed E-state index contributed by atoms with van der Waals surface area (Å²) in [6, 6.07) is 15.1. The highest BCUT2D eigenvalue weighted by molar-refractivity contribution is 5.81. The van der Waals surface area contributed by atoms with Gasteiger partial charge in [0, 0.05) is 18.0 Å². The number of benzene rings is 2. The molecule has 0 spiro atoms. The van der Waals surface area contributed by atoms with Crippen LogP contribution in [0.1, 0.15) is 24.8 Å². The number of aromatic nitrogens is 2. The van der Waals surface area contributed by atoms with Gasteiger partial charge in [-0.15, -0.1) is 0 Å². The van der Waals surface area contributed by atoms with Gasteiger partial charge >= 0.3 is 5.76 Å². The maximum Gasteiger partial charge on any atom is 0.439 e. The Hall–Kier alpha value is -3.26. The van der Waals surface area contributed by atoms with Crippen molar-refractivity contribution in [2.75, 3.05) is 13.1 Å². The summed E-state index contributed by atoms with van der Waals surface area (Å²) < 4.78 is 18.0. The van der Waals surface area contributed by atoms with Crippen LogP contribution in [0.25, 0.3) is 22.5 Å². The molecule has 3 atom stereocenters. The summed E-state index contributed by atoms with van der Waals surface area (Å²) in [6.45, 7) is 2.60. The van der Waals surface area contributed by atoms with E-state index in [1.54, 1.807) is 4.90 Å². The fourth-order valence-corrected chi connectivity index (χ4v) is 3.78. The van der Waals surface area contributed by atoms with Crippen LogP contribution in [0, 0.1) is 0 Å². The maximum atomic E-state index is 13.4. The third kappa shape index (κ3) is 4.04. The van der Waals surface area contributed by atoms with Gasteiger partial charge in [-0.1, -0.05) is 54.5 Å². The molecule has 0 bridgehead atoms. The van der Waals surface area contributed by atoms with Gasteiger partial charge in [-0.2, -0.15) is 0 Å². The van der Waals surface area contributed by atoms with Crippen molar-refractivity contribution in [2.24, 2.45) is 0 Å². The average molecular weight is 411 g/mol. The van der Waals surface area contributed by atoms with E-state index in [9.17, 15) is 14.0 Å². The van der Waals surface area contributed by atoms with E-state index in [-0.39, 0.29) is 18.4 Å². The highest BCUT2D eigenvalue weighted by atomic mass is 19.1. The Kier molecular flexibility index (Phi) is 5.50. The lowest BCUT2D eigenvalue weighted by atomic mass is 9.91. The summed E-state index contributed by atoms with van der Waals surface area (Å²) in [6.07, 6.45) is -0.524. The number of hydrogen-bond acceptors (Lipinski definition) is 4. The molecule has 1 aliphatic heterocycles. The topological polar surface area (TPSA) is 107 Å². The van der Waals surface area contributed by atoms with Gasteiger partial charge in [-0.3, -0.25) is 14.3 Å². The molecule has 1 aliphatic rings. The van der Waals surface area contributed by atoms with Crippen LogP contribution in [-0.2, 0) is 4.79 Å². The molecule has 4 rings (SSSR count). The van der Waals surface area contributed by atoms with Gasteiger partial charge in [0.15, 0.2) is 11.9 Å². The van der Waals surface area contributed by atoms with Gasteiger partial charge < -0.3 is 10.6 Å². The van der Waals surface area contributed by atoms with Crippen LogP contribution in [0.15, 0.2) is 57.8 Å². The van der Waals surface area contributed by atoms with E-state index in [0.29, 0.717) is 18.8 Å². The quantitative estimate of drug-likeness (QED) is 0.669. The van der Waals surface area contributed by atoms with Gasteiger partial charge in [0.05, 0.1) is 6.54 Å². The van der Waals surface area contributed by atoms with Crippen molar-refractivity contribution in [3.63, 3.8) is 0 Å². The van der Waals surface area contributed by atoms with E-state index >= 15 is 0 Å². The molecule has 2 heterocycles. The second-order valence-electron chi connectivity index (χ2n) is 7.71. The first-order valence-electron chi connectivity index (χ1n) is 9.95. The van der Waals surface area contributed by atoms with E-state index in [2.05, 4.69) is 20.4 Å². The fraction of sp³-hybridized carbons (Fsp3) is 0.318. The monoisotopic (exact) mass is 411 g/mol. The van der Waals surface area contributed by atoms with Crippen LogP contribution in [0.3, 0.4) is 0 Å². The Labute approximate surface area is 172 Å². The number of carbonyl (C=O) groups excluding carboxylic acids is 1. The fourth-order valence-electron chi connectivity index (χ4n) is 3.78. The van der Waals surface area contributed by atoms with Crippen LogP contribution >= 0.6 is 0 Å². The molecule has 1 aromatic heterocycles. The maximum absolute atomic E-state index is 13.4. The molecule has 1 saturated heterocycles. The van der Waals surface area contributed by atoms with Crippen molar-refractivity contribution < 1.29 is 19.4 Å². The van der Waals surface area contributed by atoms with Crippen molar-refractivity contribution in [1.29, 1.82) is 0 Å². The molecule has 0 aliphatic carbocycles. The molecule has 7 nitrogen and oxygen atoms in total. The molecule has 1 amide bonds. The van der Waals surface area contributed by atoms with Crippen molar-refractivity contribution in [3.8, 4) is 22.5 Å². The Balaban J connectivity index is 1.50. The summed E-state index contributed by atoms with van der Waals surface area (Å²) in [5.74, 6) is -0.400. The number of rotatable bonds is 5. The average Bonchev–Trinajstić information content (AvgIpc) is 3.40. The Bertz CT molecular complexity index is 1090. The van der Waals surface area contributed by atoms with Crippen LogP contribution in [0.2, 0.25) is 0 Å². The minimum atomic E-state index is -0.929. The van der Waals surface area contributed by atoms with Crippen LogP contribution in [0.4, 0.5) is 4.39 Å². The molecular formula is C22H24FN4O3+. The summed E-state index contributed by atoms with van der Waals surface area (Å²) in [4.78, 5) is 27.9. The van der Waals surface area contributed by atoms with Gasteiger partial charge in [-0.05, 0) is 29.2 Å². The zero-order valence-corrected chi connectivity index (χ0v) is 16.7. The number of carbonyl (C=O) groups is 1. The van der Waals surface area contributed by atoms with Crippen LogP contribution in [0.5, 0.6) is 0 Å².